The number of rotatable bonds is 15. The van der Waals surface area contributed by atoms with Crippen LogP contribution in [0.2, 0.25) is 0 Å². The molecule has 0 radical (unpaired) electrons. The van der Waals surface area contributed by atoms with Gasteiger partial charge in [0.05, 0.1) is 43.7 Å². The standard InChI is InChI=1S/C55H94O22/c1-23(2)12-11-15-54(9,77-49-45(69)41(65)38(62)29(74-49)22-70-47-43(67)39(63)35(59)25(4)71-47)26-13-16-53(8)34(26)24(3)18-31-52(53,7)17-14-30-51(5,6)33(19-32(58)55(30,31)10)75-50-46(42(66)37(61)28(21-57)73-50)76-48-44(68)40(64)36(60)27(20-56)72-48/h12,24-50,56-69H,11,13-22H2,1-10H3/t24-,25-,26+,27+,28+,29+,30+,31-,32-,33+,34-,35-,36+,37+,38+,39+,40-,41-,42-,43+,44+,45+,46+,47+,48-,49-,50-,52+,53+,54-,55+/m0/s1. The lowest BCUT2D eigenvalue weighted by molar-refractivity contribution is -0.381. The topological polar surface area (TPSA) is 357 Å². The van der Waals surface area contributed by atoms with E-state index in [0.717, 1.165) is 31.3 Å². The molecule has 0 aromatic heterocycles. The summed E-state index contributed by atoms with van der Waals surface area (Å²) in [5, 5.41) is 152. The third-order valence-corrected chi connectivity index (χ3v) is 21.3. The average Bonchev–Trinajstić information content (AvgIpc) is 3.90. The number of ether oxygens (including phenoxy) is 8. The van der Waals surface area contributed by atoms with Crippen molar-refractivity contribution in [2.45, 2.75) is 261 Å². The minimum atomic E-state index is -1.84. The maximum absolute atomic E-state index is 12.8. The highest BCUT2D eigenvalue weighted by Crippen LogP contribution is 2.77. The normalized spacial score (nSPS) is 53.6. The lowest BCUT2D eigenvalue weighted by atomic mass is 9.34. The summed E-state index contributed by atoms with van der Waals surface area (Å²) in [6.07, 6.45) is -24.8. The molecule has 22 nitrogen and oxygen atoms in total. The maximum Gasteiger partial charge on any atom is 0.187 e. The van der Waals surface area contributed by atoms with Crippen LogP contribution in [0.3, 0.4) is 0 Å². The number of aliphatic hydroxyl groups excluding tert-OH is 14. The Bertz CT molecular complexity index is 2010. The molecule has 4 aliphatic carbocycles. The van der Waals surface area contributed by atoms with E-state index in [1.54, 1.807) is 0 Å². The van der Waals surface area contributed by atoms with Gasteiger partial charge < -0.3 is 109 Å². The van der Waals surface area contributed by atoms with Gasteiger partial charge in [-0.3, -0.25) is 0 Å². The van der Waals surface area contributed by atoms with E-state index in [0.29, 0.717) is 19.3 Å². The predicted molar refractivity (Wildman–Crippen MR) is 269 cm³/mol. The molecule has 4 heterocycles. The number of aliphatic hydroxyl groups is 14. The van der Waals surface area contributed by atoms with Gasteiger partial charge in [0.1, 0.15) is 91.6 Å². The summed E-state index contributed by atoms with van der Waals surface area (Å²) >= 11 is 0. The van der Waals surface area contributed by atoms with Gasteiger partial charge in [-0.25, -0.2) is 0 Å². The van der Waals surface area contributed by atoms with Crippen LogP contribution in [0, 0.1) is 51.2 Å². The van der Waals surface area contributed by atoms with Gasteiger partial charge >= 0.3 is 0 Å². The monoisotopic (exact) mass is 1110 g/mol. The molecule has 0 unspecified atom stereocenters. The van der Waals surface area contributed by atoms with E-state index in [1.165, 1.54) is 6.92 Å². The number of fused-ring (bicyclic) bond motifs is 5. The molecule has 4 aliphatic heterocycles. The molecule has 4 saturated heterocycles. The molecule has 0 aromatic carbocycles. The van der Waals surface area contributed by atoms with E-state index in [1.807, 2.05) is 20.8 Å². The molecular weight excluding hydrogens is 1010 g/mol. The summed E-state index contributed by atoms with van der Waals surface area (Å²) < 4.78 is 49.2. The van der Waals surface area contributed by atoms with Crippen LogP contribution in [0.25, 0.3) is 0 Å². The van der Waals surface area contributed by atoms with Gasteiger partial charge in [0.25, 0.3) is 0 Å². The van der Waals surface area contributed by atoms with Crippen LogP contribution in [0.1, 0.15) is 121 Å². The van der Waals surface area contributed by atoms with Crippen LogP contribution in [-0.4, -0.2) is 232 Å². The van der Waals surface area contributed by atoms with Crippen molar-refractivity contribution in [3.05, 3.63) is 11.6 Å². The van der Waals surface area contributed by atoms with E-state index in [2.05, 4.69) is 47.6 Å². The van der Waals surface area contributed by atoms with E-state index in [-0.39, 0.29) is 46.8 Å². The highest BCUT2D eigenvalue weighted by molar-refractivity contribution is 5.21. The first-order chi connectivity index (χ1) is 35.9. The summed E-state index contributed by atoms with van der Waals surface area (Å²) in [6, 6.07) is 0. The largest absolute Gasteiger partial charge is 0.394 e. The molecule has 0 spiro atoms. The smallest absolute Gasteiger partial charge is 0.187 e. The molecule has 4 saturated carbocycles. The van der Waals surface area contributed by atoms with Gasteiger partial charge in [0.15, 0.2) is 25.2 Å². The number of hydrogen-bond acceptors (Lipinski definition) is 22. The second-order valence-corrected chi connectivity index (χ2v) is 26.2. The second-order valence-electron chi connectivity index (χ2n) is 26.2. The summed E-state index contributed by atoms with van der Waals surface area (Å²) in [7, 11) is 0. The molecule has 14 N–H and O–H groups in total. The minimum absolute atomic E-state index is 0.0284. The summed E-state index contributed by atoms with van der Waals surface area (Å²) in [5.74, 6) is 0.0561. The van der Waals surface area contributed by atoms with Gasteiger partial charge in [-0.05, 0) is 118 Å². The first-order valence-corrected chi connectivity index (χ1v) is 28.2. The van der Waals surface area contributed by atoms with Crippen molar-refractivity contribution < 1.29 is 109 Å². The number of allylic oxidation sites excluding steroid dienone is 2. The molecule has 8 aliphatic rings. The summed E-state index contributed by atoms with van der Waals surface area (Å²) in [6.45, 7) is 19.2. The molecule has 8 rings (SSSR count). The van der Waals surface area contributed by atoms with Gasteiger partial charge in [-0.1, -0.05) is 53.2 Å². The Hall–Kier alpha value is -1.14. The van der Waals surface area contributed by atoms with Crippen molar-refractivity contribution >= 4 is 0 Å². The summed E-state index contributed by atoms with van der Waals surface area (Å²) in [4.78, 5) is 0. The first-order valence-electron chi connectivity index (χ1n) is 28.2. The Kier molecular flexibility index (Phi) is 18.6. The van der Waals surface area contributed by atoms with E-state index >= 15 is 0 Å². The van der Waals surface area contributed by atoms with Crippen molar-refractivity contribution in [2.75, 3.05) is 19.8 Å². The highest BCUT2D eigenvalue weighted by Gasteiger charge is 2.73. The highest BCUT2D eigenvalue weighted by atomic mass is 16.8. The quantitative estimate of drug-likeness (QED) is 0.0696. The zero-order chi connectivity index (χ0) is 56.8. The first kappa shape index (κ1) is 61.9. The lowest BCUT2D eigenvalue weighted by Crippen LogP contribution is -2.70. The maximum atomic E-state index is 12.8. The Morgan fingerprint density at radius 2 is 1.13 bits per heavy atom. The van der Waals surface area contributed by atoms with E-state index in [4.69, 9.17) is 37.9 Å². The zero-order valence-corrected chi connectivity index (χ0v) is 46.5. The van der Waals surface area contributed by atoms with Gasteiger partial charge in [-0.2, -0.15) is 0 Å². The van der Waals surface area contributed by atoms with Crippen molar-refractivity contribution in [1.29, 1.82) is 0 Å². The van der Waals surface area contributed by atoms with Crippen molar-refractivity contribution in [3.63, 3.8) is 0 Å². The van der Waals surface area contributed by atoms with Crippen LogP contribution in [-0.2, 0) is 37.9 Å². The fraction of sp³-hybridized carbons (Fsp3) is 0.964. The van der Waals surface area contributed by atoms with Gasteiger partial charge in [-0.15, -0.1) is 0 Å². The predicted octanol–water partition coefficient (Wildman–Crippen LogP) is -0.929. The average molecular weight is 1110 g/mol. The molecule has 22 heteroatoms. The molecule has 0 bridgehead atoms. The second kappa shape index (κ2) is 23.1. The van der Waals surface area contributed by atoms with Crippen LogP contribution in [0.4, 0.5) is 0 Å². The molecule has 0 amide bonds. The van der Waals surface area contributed by atoms with Gasteiger partial charge in [0.2, 0.25) is 0 Å². The summed E-state index contributed by atoms with van der Waals surface area (Å²) in [5.41, 5.74) is -1.68. The fourth-order valence-corrected chi connectivity index (χ4v) is 16.6. The van der Waals surface area contributed by atoms with Crippen LogP contribution in [0.5, 0.6) is 0 Å². The molecule has 0 aromatic rings. The molecule has 31 atom stereocenters. The SMILES string of the molecule is CC(C)=CCC[C@](C)(O[C@@H]1O[C@H](CO[C@@H]2O[C@@H](C)[C@H](O)[C@@H](O)[C@H]2O)[C@@H](O)[C@H](O)[C@H]1O)[C@@H]1CC[C@]2(C)[C@H]1[C@@H](C)C[C@@H]1[C@@]3(C)[C@H](CC[C@]12C)C(C)(C)[C@H](O[C@@H]1O[C@H](CO)[C@@H](O)[C@H](O)[C@H]1O[C@@H]1O[C@H](CO)[C@@H](O)[C@H](O)[C@H]1O)C[C@@H]3O. The van der Waals surface area contributed by atoms with Crippen molar-refractivity contribution in [1.82, 2.24) is 0 Å². The third kappa shape index (κ3) is 10.7. The lowest BCUT2D eigenvalue weighted by Gasteiger charge is -2.72. The Labute approximate surface area is 452 Å². The molecule has 77 heavy (non-hydrogen) atoms. The van der Waals surface area contributed by atoms with E-state index in [9.17, 15) is 71.5 Å². The van der Waals surface area contributed by atoms with E-state index < -0.39 is 171 Å². The van der Waals surface area contributed by atoms with Gasteiger partial charge in [0, 0.05) is 11.8 Å². The van der Waals surface area contributed by atoms with Crippen molar-refractivity contribution in [2.24, 2.45) is 51.2 Å². The molecule has 8 fully saturated rings. The number of hydrogen-bond donors (Lipinski definition) is 14. The fourth-order valence-electron chi connectivity index (χ4n) is 16.6. The molecular formula is C55H94O22. The van der Waals surface area contributed by atoms with Crippen molar-refractivity contribution in [3.8, 4) is 0 Å². The Morgan fingerprint density at radius 1 is 0.584 bits per heavy atom. The van der Waals surface area contributed by atoms with Crippen LogP contribution in [0.15, 0.2) is 11.6 Å². The Morgan fingerprint density at radius 3 is 1.75 bits per heavy atom. The molecule has 446 valence electrons. The minimum Gasteiger partial charge on any atom is -0.394 e. The zero-order valence-electron chi connectivity index (χ0n) is 46.5. The Balaban J connectivity index is 1.03. The van der Waals surface area contributed by atoms with Crippen LogP contribution >= 0.6 is 0 Å². The van der Waals surface area contributed by atoms with Crippen LogP contribution < -0.4 is 0 Å². The third-order valence-electron chi connectivity index (χ3n) is 21.3.